The second kappa shape index (κ2) is 5.60. The van der Waals surface area contributed by atoms with Crippen LogP contribution in [-0.4, -0.2) is 40.1 Å². The number of likely N-dealkylation sites (tertiary alicyclic amines) is 1. The van der Waals surface area contributed by atoms with Gasteiger partial charge in [0.2, 0.25) is 0 Å². The molecule has 0 radical (unpaired) electrons. The van der Waals surface area contributed by atoms with Crippen LogP contribution in [-0.2, 0) is 0 Å². The van der Waals surface area contributed by atoms with E-state index in [0.717, 1.165) is 23.9 Å². The van der Waals surface area contributed by atoms with Gasteiger partial charge in [-0.15, -0.1) is 0 Å². The van der Waals surface area contributed by atoms with Crippen molar-refractivity contribution in [1.29, 1.82) is 0 Å². The summed E-state index contributed by atoms with van der Waals surface area (Å²) in [6.07, 6.45) is 4.24. The Labute approximate surface area is 109 Å². The van der Waals surface area contributed by atoms with Gasteiger partial charge in [-0.2, -0.15) is 0 Å². The van der Waals surface area contributed by atoms with Gasteiger partial charge in [-0.1, -0.05) is 0 Å². The second-order valence-electron chi connectivity index (χ2n) is 4.14. The Morgan fingerprint density at radius 1 is 1.65 bits per heavy atom. The summed E-state index contributed by atoms with van der Waals surface area (Å²) in [5, 5.41) is 8.99. The first-order valence-corrected chi connectivity index (χ1v) is 6.55. The molecule has 4 nitrogen and oxygen atoms in total. The lowest BCUT2D eigenvalue weighted by Gasteiger charge is -2.24. The van der Waals surface area contributed by atoms with Gasteiger partial charge in [0.1, 0.15) is 5.69 Å². The fourth-order valence-corrected chi connectivity index (χ4v) is 2.66. The summed E-state index contributed by atoms with van der Waals surface area (Å²) in [5.41, 5.74) is 0.456. The summed E-state index contributed by atoms with van der Waals surface area (Å²) in [5.74, 6) is -0.0478. The molecule has 2 heterocycles. The first-order valence-electron chi connectivity index (χ1n) is 5.76. The molecule has 1 aromatic heterocycles. The molecule has 0 aromatic carbocycles. The van der Waals surface area contributed by atoms with Crippen molar-refractivity contribution in [3.8, 4) is 0 Å². The first-order chi connectivity index (χ1) is 8.24. The van der Waals surface area contributed by atoms with Gasteiger partial charge in [-0.3, -0.25) is 4.79 Å². The van der Waals surface area contributed by atoms with Gasteiger partial charge in [0, 0.05) is 29.9 Å². The third-order valence-electron chi connectivity index (χ3n) is 3.06. The van der Waals surface area contributed by atoms with Crippen molar-refractivity contribution in [3.05, 3.63) is 28.5 Å². The van der Waals surface area contributed by atoms with Crippen LogP contribution in [0.25, 0.3) is 0 Å². The molecule has 0 saturated carbocycles. The van der Waals surface area contributed by atoms with Crippen LogP contribution in [0.15, 0.2) is 22.8 Å². The zero-order valence-corrected chi connectivity index (χ0v) is 11.1. The quantitative estimate of drug-likeness (QED) is 0.926. The first kappa shape index (κ1) is 12.5. The van der Waals surface area contributed by atoms with Gasteiger partial charge in [0.25, 0.3) is 5.91 Å². The van der Waals surface area contributed by atoms with E-state index in [1.807, 2.05) is 11.0 Å². The van der Waals surface area contributed by atoms with Crippen molar-refractivity contribution < 1.29 is 9.90 Å². The van der Waals surface area contributed by atoms with Crippen LogP contribution < -0.4 is 0 Å². The number of amides is 1. The Morgan fingerprint density at radius 2 is 2.47 bits per heavy atom. The molecule has 0 aliphatic carbocycles. The average molecular weight is 299 g/mol. The molecule has 1 amide bonds. The molecular weight excluding hydrogens is 284 g/mol. The maximum absolute atomic E-state index is 12.3. The topological polar surface area (TPSA) is 53.4 Å². The zero-order valence-electron chi connectivity index (χ0n) is 9.47. The molecule has 1 saturated heterocycles. The minimum atomic E-state index is -0.0478. The lowest BCUT2D eigenvalue weighted by molar-refractivity contribution is 0.0709. The number of rotatable bonds is 3. The SMILES string of the molecule is O=C(c1ncccc1Br)N1CCCC1CCO. The van der Waals surface area contributed by atoms with Gasteiger partial charge >= 0.3 is 0 Å². The van der Waals surface area contributed by atoms with Crippen molar-refractivity contribution >= 4 is 21.8 Å². The molecular formula is C12H15BrN2O2. The van der Waals surface area contributed by atoms with Gasteiger partial charge in [0.15, 0.2) is 0 Å². The number of hydrogen-bond donors (Lipinski definition) is 1. The summed E-state index contributed by atoms with van der Waals surface area (Å²) in [6, 6.07) is 3.76. The van der Waals surface area contributed by atoms with Gasteiger partial charge < -0.3 is 10.0 Å². The summed E-state index contributed by atoms with van der Waals surface area (Å²) in [6.45, 7) is 0.879. The van der Waals surface area contributed by atoms with Gasteiger partial charge in [-0.05, 0) is 47.3 Å². The number of carbonyl (C=O) groups excluding carboxylic acids is 1. The normalized spacial score (nSPS) is 19.6. The maximum atomic E-state index is 12.3. The summed E-state index contributed by atoms with van der Waals surface area (Å²) in [7, 11) is 0. The third kappa shape index (κ3) is 2.66. The zero-order chi connectivity index (χ0) is 12.3. The summed E-state index contributed by atoms with van der Waals surface area (Å²) >= 11 is 3.34. The van der Waals surface area contributed by atoms with Gasteiger partial charge in [-0.25, -0.2) is 4.98 Å². The molecule has 1 N–H and O–H groups in total. The molecule has 0 spiro atoms. The lowest BCUT2D eigenvalue weighted by atomic mass is 10.1. The van der Waals surface area contributed by atoms with E-state index in [-0.39, 0.29) is 18.6 Å². The Balaban J connectivity index is 2.17. The van der Waals surface area contributed by atoms with Crippen molar-refractivity contribution in [2.24, 2.45) is 0 Å². The second-order valence-corrected chi connectivity index (χ2v) is 5.00. The minimum Gasteiger partial charge on any atom is -0.396 e. The smallest absolute Gasteiger partial charge is 0.273 e. The Kier molecular flexibility index (Phi) is 4.12. The molecule has 17 heavy (non-hydrogen) atoms. The molecule has 1 atom stereocenters. The van der Waals surface area contributed by atoms with E-state index in [4.69, 9.17) is 5.11 Å². The van der Waals surface area contributed by atoms with Crippen LogP contribution in [0.2, 0.25) is 0 Å². The van der Waals surface area contributed by atoms with E-state index in [1.165, 1.54) is 0 Å². The highest BCUT2D eigenvalue weighted by molar-refractivity contribution is 9.10. The molecule has 5 heteroatoms. The number of halogens is 1. The highest BCUT2D eigenvalue weighted by Gasteiger charge is 2.30. The largest absolute Gasteiger partial charge is 0.396 e. The van der Waals surface area contributed by atoms with Crippen molar-refractivity contribution in [3.63, 3.8) is 0 Å². The molecule has 1 aliphatic rings. The van der Waals surface area contributed by atoms with Gasteiger partial charge in [0.05, 0.1) is 0 Å². The Bertz CT molecular complexity index is 411. The van der Waals surface area contributed by atoms with E-state index < -0.39 is 0 Å². The third-order valence-corrected chi connectivity index (χ3v) is 3.70. The van der Waals surface area contributed by atoms with Crippen LogP contribution in [0.3, 0.4) is 0 Å². The van der Waals surface area contributed by atoms with E-state index in [2.05, 4.69) is 20.9 Å². The molecule has 2 rings (SSSR count). The number of aliphatic hydroxyl groups is 1. The van der Waals surface area contributed by atoms with Crippen LogP contribution in [0.4, 0.5) is 0 Å². The lowest BCUT2D eigenvalue weighted by Crippen LogP contribution is -2.36. The number of hydrogen-bond acceptors (Lipinski definition) is 3. The predicted molar refractivity (Wildman–Crippen MR) is 67.7 cm³/mol. The van der Waals surface area contributed by atoms with Crippen molar-refractivity contribution in [2.45, 2.75) is 25.3 Å². The number of aromatic nitrogens is 1. The molecule has 92 valence electrons. The number of pyridine rings is 1. The molecule has 1 aliphatic heterocycles. The monoisotopic (exact) mass is 298 g/mol. The van der Waals surface area contributed by atoms with Crippen LogP contribution >= 0.6 is 15.9 Å². The fourth-order valence-electron chi connectivity index (χ4n) is 2.23. The van der Waals surface area contributed by atoms with E-state index in [0.29, 0.717) is 12.1 Å². The van der Waals surface area contributed by atoms with Crippen LogP contribution in [0.5, 0.6) is 0 Å². The summed E-state index contributed by atoms with van der Waals surface area (Å²) < 4.78 is 0.722. The van der Waals surface area contributed by atoms with Crippen molar-refractivity contribution in [2.75, 3.05) is 13.2 Å². The average Bonchev–Trinajstić information content (AvgIpc) is 2.78. The summed E-state index contributed by atoms with van der Waals surface area (Å²) in [4.78, 5) is 18.2. The maximum Gasteiger partial charge on any atom is 0.273 e. The molecule has 1 aromatic rings. The predicted octanol–water partition coefficient (Wildman–Crippen LogP) is 1.83. The van der Waals surface area contributed by atoms with E-state index >= 15 is 0 Å². The van der Waals surface area contributed by atoms with Crippen LogP contribution in [0.1, 0.15) is 29.8 Å². The fraction of sp³-hybridized carbons (Fsp3) is 0.500. The van der Waals surface area contributed by atoms with Crippen molar-refractivity contribution in [1.82, 2.24) is 9.88 Å². The Morgan fingerprint density at radius 3 is 3.18 bits per heavy atom. The number of aliphatic hydroxyl groups excluding tert-OH is 1. The standard InChI is InChI=1S/C12H15BrN2O2/c13-10-4-1-6-14-11(10)12(17)15-7-2-3-9(15)5-8-16/h1,4,6,9,16H,2-3,5,7-8H2. The molecule has 1 fully saturated rings. The molecule has 1 unspecified atom stereocenters. The number of nitrogens with zero attached hydrogens (tertiary/aromatic N) is 2. The van der Waals surface area contributed by atoms with Crippen LogP contribution in [0, 0.1) is 0 Å². The highest BCUT2D eigenvalue weighted by Crippen LogP contribution is 2.24. The van der Waals surface area contributed by atoms with E-state index in [1.54, 1.807) is 12.3 Å². The minimum absolute atomic E-state index is 0.0478. The number of carbonyl (C=O) groups is 1. The molecule has 0 bridgehead atoms. The van der Waals surface area contributed by atoms with E-state index in [9.17, 15) is 4.79 Å². The highest BCUT2D eigenvalue weighted by atomic mass is 79.9. The Hall–Kier alpha value is -0.940.